The Balaban J connectivity index is 1.73. The van der Waals surface area contributed by atoms with E-state index in [1.807, 2.05) is 34.9 Å². The van der Waals surface area contributed by atoms with Crippen molar-refractivity contribution in [2.75, 3.05) is 0 Å². The van der Waals surface area contributed by atoms with Crippen LogP contribution in [0.25, 0.3) is 17.1 Å². The van der Waals surface area contributed by atoms with Crippen LogP contribution < -0.4 is 5.32 Å². The molecule has 0 aliphatic heterocycles. The largest absolute Gasteiger partial charge is 0.348 e. The summed E-state index contributed by atoms with van der Waals surface area (Å²) in [5, 5.41) is 4.20. The summed E-state index contributed by atoms with van der Waals surface area (Å²) in [6.07, 6.45) is 7.37. The van der Waals surface area contributed by atoms with Gasteiger partial charge in [0.05, 0.1) is 10.7 Å². The van der Waals surface area contributed by atoms with E-state index in [0.29, 0.717) is 21.6 Å². The van der Waals surface area contributed by atoms with Gasteiger partial charge in [-0.2, -0.15) is 0 Å². The highest BCUT2D eigenvalue weighted by Gasteiger charge is 2.21. The Bertz CT molecular complexity index is 1030. The van der Waals surface area contributed by atoms with E-state index in [2.05, 4.69) is 32.9 Å². The second kappa shape index (κ2) is 9.06. The molecule has 29 heavy (non-hydrogen) atoms. The Morgan fingerprint density at radius 1 is 1.07 bits per heavy atom. The van der Waals surface area contributed by atoms with Crippen molar-refractivity contribution >= 4 is 51.7 Å². The van der Waals surface area contributed by atoms with Gasteiger partial charge in [0.25, 0.3) is 5.91 Å². The summed E-state index contributed by atoms with van der Waals surface area (Å²) in [5.74, 6) is 0.520. The Morgan fingerprint density at radius 2 is 1.79 bits per heavy atom. The molecule has 150 valence electrons. The molecule has 0 atom stereocenters. The van der Waals surface area contributed by atoms with E-state index in [1.54, 1.807) is 18.3 Å². The maximum atomic E-state index is 12.9. The molecule has 0 unspecified atom stereocenters. The maximum absolute atomic E-state index is 12.9. The van der Waals surface area contributed by atoms with Gasteiger partial charge >= 0.3 is 0 Å². The fraction of sp³-hybridized carbons (Fsp3) is 0.273. The maximum Gasteiger partial charge on any atom is 0.271 e. The third-order valence-corrected chi connectivity index (χ3v) is 6.41. The summed E-state index contributed by atoms with van der Waals surface area (Å²) in [4.78, 5) is 17.6. The number of carbonyl (C=O) groups is 1. The number of hydrogen-bond acceptors (Lipinski definition) is 2. The zero-order valence-corrected chi connectivity index (χ0v) is 19.3. The molecule has 1 heterocycles. The summed E-state index contributed by atoms with van der Waals surface area (Å²) in [6, 6.07) is 13.6. The lowest BCUT2D eigenvalue weighted by atomic mass is 9.95. The van der Waals surface area contributed by atoms with Crippen molar-refractivity contribution in [2.24, 2.45) is 0 Å². The van der Waals surface area contributed by atoms with E-state index >= 15 is 0 Å². The van der Waals surface area contributed by atoms with Crippen LogP contribution in [0.5, 0.6) is 0 Å². The minimum atomic E-state index is -0.146. The van der Waals surface area contributed by atoms with Gasteiger partial charge in [-0.3, -0.25) is 9.36 Å². The van der Waals surface area contributed by atoms with Gasteiger partial charge < -0.3 is 5.32 Å². The van der Waals surface area contributed by atoms with Crippen LogP contribution in [0.4, 0.5) is 0 Å². The van der Waals surface area contributed by atoms with E-state index in [9.17, 15) is 4.79 Å². The molecular formula is C22H20Cl2IN3O. The number of nitrogens with one attached hydrogen (secondary N) is 1. The molecule has 0 saturated heterocycles. The lowest BCUT2D eigenvalue weighted by Gasteiger charge is -2.22. The predicted molar refractivity (Wildman–Crippen MR) is 126 cm³/mol. The lowest BCUT2D eigenvalue weighted by Crippen LogP contribution is -2.36. The number of rotatable bonds is 4. The number of imidazole rings is 1. The molecule has 0 bridgehead atoms. The van der Waals surface area contributed by atoms with Crippen molar-refractivity contribution in [1.29, 1.82) is 0 Å². The molecule has 1 aliphatic rings. The second-order valence-electron chi connectivity index (χ2n) is 7.23. The van der Waals surface area contributed by atoms with Gasteiger partial charge in [0.15, 0.2) is 0 Å². The normalized spacial score (nSPS) is 14.7. The summed E-state index contributed by atoms with van der Waals surface area (Å²) >= 11 is 14.8. The first kappa shape index (κ1) is 20.7. The molecule has 0 radical (unpaired) electrons. The topological polar surface area (TPSA) is 46.9 Å². The van der Waals surface area contributed by atoms with Gasteiger partial charge in [-0.05, 0) is 65.8 Å². The van der Waals surface area contributed by atoms with Crippen molar-refractivity contribution < 1.29 is 4.79 Å². The summed E-state index contributed by atoms with van der Waals surface area (Å²) in [6.45, 7) is 0. The van der Waals surface area contributed by atoms with Crippen molar-refractivity contribution in [1.82, 2.24) is 14.9 Å². The first-order valence-corrected chi connectivity index (χ1v) is 11.5. The third kappa shape index (κ3) is 4.78. The lowest BCUT2D eigenvalue weighted by molar-refractivity contribution is 0.0923. The third-order valence-electron chi connectivity index (χ3n) is 5.15. The van der Waals surface area contributed by atoms with Crippen LogP contribution >= 0.6 is 45.8 Å². The molecule has 1 saturated carbocycles. The van der Waals surface area contributed by atoms with Crippen LogP contribution in [0.2, 0.25) is 10.0 Å². The number of benzene rings is 2. The van der Waals surface area contributed by atoms with E-state index in [-0.39, 0.29) is 11.9 Å². The van der Waals surface area contributed by atoms with Crippen LogP contribution in [-0.4, -0.2) is 21.5 Å². The molecule has 1 fully saturated rings. The smallest absolute Gasteiger partial charge is 0.271 e. The van der Waals surface area contributed by atoms with Gasteiger partial charge in [-0.25, -0.2) is 4.98 Å². The average Bonchev–Trinajstić information content (AvgIpc) is 3.14. The number of hydrogen-bond donors (Lipinski definition) is 1. The summed E-state index contributed by atoms with van der Waals surface area (Å²) < 4.78 is 2.99. The highest BCUT2D eigenvalue weighted by molar-refractivity contribution is 14.1. The monoisotopic (exact) mass is 539 g/mol. The molecule has 2 aromatic carbocycles. The number of halogens is 3. The Kier molecular flexibility index (Phi) is 6.47. The van der Waals surface area contributed by atoms with E-state index < -0.39 is 0 Å². The summed E-state index contributed by atoms with van der Waals surface area (Å²) in [7, 11) is 0. The van der Waals surface area contributed by atoms with Crippen LogP contribution in [0.3, 0.4) is 0 Å². The van der Waals surface area contributed by atoms with Gasteiger partial charge in [-0.15, -0.1) is 0 Å². The molecule has 7 heteroatoms. The van der Waals surface area contributed by atoms with Crippen molar-refractivity contribution in [3.63, 3.8) is 0 Å². The molecule has 4 rings (SSSR count). The van der Waals surface area contributed by atoms with E-state index in [0.717, 1.165) is 40.5 Å². The van der Waals surface area contributed by atoms with Gasteiger partial charge in [-0.1, -0.05) is 54.6 Å². The molecule has 1 aliphatic carbocycles. The standard InChI is InChI=1S/C22H20Cl2IN3O/c23-15-8-11-20(18(24)12-15)28-13-19(22(29)26-17-4-2-1-3-5-17)27-21(28)14-6-9-16(25)10-7-14/h6-13,17H,1-5H2,(H,26,29). The average molecular weight is 540 g/mol. The van der Waals surface area contributed by atoms with Gasteiger partial charge in [0.1, 0.15) is 11.5 Å². The molecule has 1 amide bonds. The van der Waals surface area contributed by atoms with Crippen LogP contribution in [-0.2, 0) is 0 Å². The van der Waals surface area contributed by atoms with Gasteiger partial charge in [0, 0.05) is 26.4 Å². The molecule has 0 spiro atoms. The highest BCUT2D eigenvalue weighted by atomic mass is 127. The molecular weight excluding hydrogens is 520 g/mol. The Labute approximate surface area is 193 Å². The fourth-order valence-electron chi connectivity index (χ4n) is 3.66. The molecule has 3 aromatic rings. The molecule has 1 aromatic heterocycles. The molecule has 4 nitrogen and oxygen atoms in total. The number of nitrogens with zero attached hydrogens (tertiary/aromatic N) is 2. The SMILES string of the molecule is O=C(NC1CCCCC1)c1cn(-c2ccc(Cl)cc2Cl)c(-c2ccc(I)cc2)n1. The highest BCUT2D eigenvalue weighted by Crippen LogP contribution is 2.30. The Morgan fingerprint density at radius 3 is 2.48 bits per heavy atom. The van der Waals surface area contributed by atoms with Crippen LogP contribution in [0.15, 0.2) is 48.7 Å². The van der Waals surface area contributed by atoms with Gasteiger partial charge in [0.2, 0.25) is 0 Å². The van der Waals surface area contributed by atoms with Crippen molar-refractivity contribution in [3.05, 3.63) is 68.0 Å². The zero-order chi connectivity index (χ0) is 20.4. The van der Waals surface area contributed by atoms with Crippen LogP contribution in [0, 0.1) is 3.57 Å². The minimum absolute atomic E-state index is 0.146. The first-order valence-electron chi connectivity index (χ1n) is 9.63. The quantitative estimate of drug-likeness (QED) is 0.384. The van der Waals surface area contributed by atoms with E-state index in [1.165, 1.54) is 6.42 Å². The first-order chi connectivity index (χ1) is 14.0. The minimum Gasteiger partial charge on any atom is -0.348 e. The number of carbonyl (C=O) groups excluding carboxylic acids is 1. The fourth-order valence-corrected chi connectivity index (χ4v) is 4.52. The molecule has 1 N–H and O–H groups in total. The number of aromatic nitrogens is 2. The number of amides is 1. The van der Waals surface area contributed by atoms with E-state index in [4.69, 9.17) is 23.2 Å². The second-order valence-corrected chi connectivity index (χ2v) is 9.32. The predicted octanol–water partition coefficient (Wildman–Crippen LogP) is 6.51. The van der Waals surface area contributed by atoms with Crippen LogP contribution in [0.1, 0.15) is 42.6 Å². The van der Waals surface area contributed by atoms with Crippen molar-refractivity contribution in [3.8, 4) is 17.1 Å². The van der Waals surface area contributed by atoms with Crippen molar-refractivity contribution in [2.45, 2.75) is 38.1 Å². The zero-order valence-electron chi connectivity index (χ0n) is 15.7. The summed E-state index contributed by atoms with van der Waals surface area (Å²) in [5.41, 5.74) is 2.03. The Hall–Kier alpha value is -1.57.